The van der Waals surface area contributed by atoms with E-state index in [0.29, 0.717) is 30.1 Å². The van der Waals surface area contributed by atoms with Crippen molar-refractivity contribution in [2.45, 2.75) is 19.3 Å². The lowest BCUT2D eigenvalue weighted by Gasteiger charge is -2.39. The fourth-order valence-corrected chi connectivity index (χ4v) is 4.38. The van der Waals surface area contributed by atoms with E-state index in [0.717, 1.165) is 22.3 Å². The number of hydrogen-bond acceptors (Lipinski definition) is 5. The summed E-state index contributed by atoms with van der Waals surface area (Å²) < 4.78 is 1.79. The van der Waals surface area contributed by atoms with E-state index >= 15 is 0 Å². The van der Waals surface area contributed by atoms with Gasteiger partial charge in [-0.15, -0.1) is 0 Å². The molecule has 0 aliphatic carbocycles. The summed E-state index contributed by atoms with van der Waals surface area (Å²) in [5.74, 6) is 0.183. The zero-order valence-electron chi connectivity index (χ0n) is 19.5. The van der Waals surface area contributed by atoms with E-state index in [1.807, 2.05) is 49.5 Å². The third kappa shape index (κ3) is 4.86. The molecule has 0 spiro atoms. The highest BCUT2D eigenvalue weighted by Gasteiger charge is 2.32. The van der Waals surface area contributed by atoms with Crippen LogP contribution < -0.4 is 0 Å². The molecule has 1 amide bonds. The molecule has 1 fully saturated rings. The van der Waals surface area contributed by atoms with Crippen molar-refractivity contribution in [2.24, 2.45) is 7.05 Å². The lowest BCUT2D eigenvalue weighted by Crippen LogP contribution is -2.48. The highest BCUT2D eigenvalue weighted by atomic mass is 35.5. The van der Waals surface area contributed by atoms with Crippen molar-refractivity contribution in [3.8, 4) is 11.1 Å². The van der Waals surface area contributed by atoms with Gasteiger partial charge in [0.1, 0.15) is 0 Å². The Balaban J connectivity index is 1.23. The zero-order valence-corrected chi connectivity index (χ0v) is 20.2. The molecule has 0 bridgehead atoms. The van der Waals surface area contributed by atoms with Crippen LogP contribution in [0.3, 0.4) is 0 Å². The van der Waals surface area contributed by atoms with Crippen LogP contribution in [0.15, 0.2) is 67.3 Å². The fraction of sp³-hybridized carbons (Fsp3) is 0.222. The van der Waals surface area contributed by atoms with E-state index in [1.54, 1.807) is 4.68 Å². The first-order valence-corrected chi connectivity index (χ1v) is 11.7. The number of Topliss-reactive ketones (excluding diaryl/α,β-unsaturated/α-hetero) is 1. The molecule has 1 aliphatic heterocycles. The third-order valence-corrected chi connectivity index (χ3v) is 6.67. The van der Waals surface area contributed by atoms with Crippen molar-refractivity contribution >= 4 is 23.3 Å². The molecule has 35 heavy (non-hydrogen) atoms. The Bertz CT molecular complexity index is 1390. The summed E-state index contributed by atoms with van der Waals surface area (Å²) in [6, 6.07) is 14.0. The second-order valence-electron chi connectivity index (χ2n) is 8.91. The molecule has 0 radical (unpaired) electrons. The maximum Gasteiger partial charge on any atom is 0.253 e. The molecule has 5 rings (SSSR count). The summed E-state index contributed by atoms with van der Waals surface area (Å²) >= 11 is 5.71. The van der Waals surface area contributed by atoms with Crippen molar-refractivity contribution in [2.75, 3.05) is 13.1 Å². The summed E-state index contributed by atoms with van der Waals surface area (Å²) in [6.45, 7) is 3.29. The van der Waals surface area contributed by atoms with Gasteiger partial charge in [-0.1, -0.05) is 30.3 Å². The fourth-order valence-electron chi connectivity index (χ4n) is 4.28. The topological polar surface area (TPSA) is 81.0 Å². The number of carbonyl (C=O) groups is 2. The van der Waals surface area contributed by atoms with Crippen LogP contribution in [0.1, 0.15) is 43.3 Å². The third-order valence-electron chi connectivity index (χ3n) is 6.48. The van der Waals surface area contributed by atoms with E-state index < -0.39 is 0 Å². The molecule has 1 saturated heterocycles. The number of carbonyl (C=O) groups excluding carboxylic acids is 2. The lowest BCUT2D eigenvalue weighted by molar-refractivity contribution is 0.0602. The van der Waals surface area contributed by atoms with Crippen LogP contribution >= 0.6 is 11.6 Å². The van der Waals surface area contributed by atoms with Crippen molar-refractivity contribution < 1.29 is 9.59 Å². The maximum atomic E-state index is 13.1. The average molecular weight is 486 g/mol. The number of aryl methyl sites for hydroxylation is 2. The summed E-state index contributed by atoms with van der Waals surface area (Å²) in [7, 11) is 1.90. The van der Waals surface area contributed by atoms with Gasteiger partial charge in [0.25, 0.3) is 5.91 Å². The van der Waals surface area contributed by atoms with Gasteiger partial charge < -0.3 is 4.90 Å². The largest absolute Gasteiger partial charge is 0.337 e. The van der Waals surface area contributed by atoms with E-state index in [1.165, 1.54) is 18.0 Å². The molecule has 7 nitrogen and oxygen atoms in total. The van der Waals surface area contributed by atoms with Crippen LogP contribution in [0.4, 0.5) is 0 Å². The number of hydrogen-bond donors (Lipinski definition) is 0. The minimum Gasteiger partial charge on any atom is -0.337 e. The zero-order chi connectivity index (χ0) is 24.5. The van der Waals surface area contributed by atoms with E-state index in [4.69, 9.17) is 11.6 Å². The molecule has 0 unspecified atom stereocenters. The van der Waals surface area contributed by atoms with Crippen molar-refractivity contribution in [3.63, 3.8) is 0 Å². The second kappa shape index (κ2) is 9.43. The van der Waals surface area contributed by atoms with Gasteiger partial charge in [0.15, 0.2) is 5.78 Å². The van der Waals surface area contributed by atoms with Gasteiger partial charge in [-0.2, -0.15) is 5.10 Å². The number of rotatable bonds is 6. The number of amides is 1. The predicted octanol–water partition coefficient (Wildman–Crippen LogP) is 4.50. The number of benzene rings is 2. The molecule has 8 heteroatoms. The first-order chi connectivity index (χ1) is 16.9. The van der Waals surface area contributed by atoms with Gasteiger partial charge in [0, 0.05) is 62.2 Å². The molecule has 2 aromatic heterocycles. The second-order valence-corrected chi connectivity index (χ2v) is 9.25. The Labute approximate surface area is 208 Å². The molecule has 0 N–H and O–H groups in total. The summed E-state index contributed by atoms with van der Waals surface area (Å²) in [5, 5.41) is 4.32. The van der Waals surface area contributed by atoms with Crippen LogP contribution in [0.5, 0.6) is 0 Å². The maximum absolute atomic E-state index is 13.1. The van der Waals surface area contributed by atoms with Crippen molar-refractivity contribution in [3.05, 3.63) is 100 Å². The first-order valence-electron chi connectivity index (χ1n) is 11.4. The first kappa shape index (κ1) is 22.9. The Morgan fingerprint density at radius 3 is 2.34 bits per heavy atom. The van der Waals surface area contributed by atoms with Gasteiger partial charge >= 0.3 is 0 Å². The Kier molecular flexibility index (Phi) is 6.17. The highest BCUT2D eigenvalue weighted by molar-refractivity contribution is 6.28. The van der Waals surface area contributed by atoms with E-state index in [-0.39, 0.29) is 23.4 Å². The molecule has 3 heterocycles. The summed E-state index contributed by atoms with van der Waals surface area (Å²) in [5.41, 5.74) is 6.20. The van der Waals surface area contributed by atoms with Gasteiger partial charge in [0.2, 0.25) is 5.28 Å². The Morgan fingerprint density at radius 2 is 1.69 bits per heavy atom. The van der Waals surface area contributed by atoms with Crippen LogP contribution in [0, 0.1) is 6.92 Å². The van der Waals surface area contributed by atoms with Crippen LogP contribution in [0.25, 0.3) is 11.1 Å². The van der Waals surface area contributed by atoms with E-state index in [9.17, 15) is 9.59 Å². The smallest absolute Gasteiger partial charge is 0.253 e. The minimum absolute atomic E-state index is 0.0169. The number of ketones is 1. The van der Waals surface area contributed by atoms with Crippen molar-refractivity contribution in [1.82, 2.24) is 24.6 Å². The van der Waals surface area contributed by atoms with Crippen LogP contribution in [-0.4, -0.2) is 49.4 Å². The van der Waals surface area contributed by atoms with Gasteiger partial charge in [-0.25, -0.2) is 9.97 Å². The molecule has 1 aliphatic rings. The molecule has 0 saturated carbocycles. The quantitative estimate of drug-likeness (QED) is 0.296. The normalized spacial score (nSPS) is 13.5. The average Bonchev–Trinajstić information content (AvgIpc) is 3.26. The summed E-state index contributed by atoms with van der Waals surface area (Å²) in [4.78, 5) is 35.3. The molecular formula is C27H24ClN5O2. The number of aromatic nitrogens is 4. The number of likely N-dealkylation sites (tertiary alicyclic amines) is 1. The van der Waals surface area contributed by atoms with Crippen molar-refractivity contribution in [1.29, 1.82) is 0 Å². The van der Waals surface area contributed by atoms with Crippen LogP contribution in [-0.2, 0) is 13.5 Å². The standard InChI is InChI=1S/C27H24ClN5O2/c1-17-3-4-20(9-21(17)10-25(34)22-11-29-27(28)30-12-22)26(35)33-15-24(16-33)19-7-5-18(6-8-19)23-13-31-32(2)14-23/h3-9,11-14,24H,10,15-16H2,1-2H3. The monoisotopic (exact) mass is 485 g/mol. The predicted molar refractivity (Wildman–Crippen MR) is 134 cm³/mol. The highest BCUT2D eigenvalue weighted by Crippen LogP contribution is 2.30. The van der Waals surface area contributed by atoms with Crippen LogP contribution in [0.2, 0.25) is 5.28 Å². The van der Waals surface area contributed by atoms with Gasteiger partial charge in [-0.3, -0.25) is 14.3 Å². The van der Waals surface area contributed by atoms with Gasteiger partial charge in [0.05, 0.1) is 11.8 Å². The lowest BCUT2D eigenvalue weighted by atomic mass is 9.89. The molecule has 4 aromatic rings. The molecular weight excluding hydrogens is 462 g/mol. The number of halogens is 1. The van der Waals surface area contributed by atoms with Gasteiger partial charge in [-0.05, 0) is 52.9 Å². The number of nitrogens with zero attached hydrogens (tertiary/aromatic N) is 5. The molecule has 176 valence electrons. The molecule has 2 aromatic carbocycles. The Morgan fingerprint density at radius 1 is 0.971 bits per heavy atom. The SMILES string of the molecule is Cc1ccc(C(=O)N2CC(c3ccc(-c4cnn(C)c4)cc3)C2)cc1CC(=O)c1cnc(Cl)nc1. The summed E-state index contributed by atoms with van der Waals surface area (Å²) in [6.07, 6.45) is 6.86. The Hall–Kier alpha value is -3.84. The van der Waals surface area contributed by atoms with E-state index in [2.05, 4.69) is 39.3 Å². The molecule has 0 atom stereocenters. The minimum atomic E-state index is -0.117.